The van der Waals surface area contributed by atoms with E-state index in [-0.39, 0.29) is 6.03 Å². The molecule has 1 saturated carbocycles. The number of aliphatic hydroxyl groups excluding tert-OH is 1. The first-order chi connectivity index (χ1) is 10.1. The van der Waals surface area contributed by atoms with Gasteiger partial charge in [-0.2, -0.15) is 0 Å². The van der Waals surface area contributed by atoms with Crippen LogP contribution in [0.25, 0.3) is 0 Å². The van der Waals surface area contributed by atoms with Crippen molar-refractivity contribution in [1.82, 2.24) is 10.6 Å². The van der Waals surface area contributed by atoms with Crippen LogP contribution in [0.3, 0.4) is 0 Å². The largest absolute Gasteiger partial charge is 0.391 e. The number of urea groups is 1. The van der Waals surface area contributed by atoms with Crippen molar-refractivity contribution >= 4 is 6.03 Å². The average molecular weight is 290 g/mol. The van der Waals surface area contributed by atoms with Gasteiger partial charge in [-0.15, -0.1) is 0 Å². The number of aliphatic hydroxyl groups is 1. The molecule has 0 saturated heterocycles. The number of carbonyl (C=O) groups excluding carboxylic acids is 1. The van der Waals surface area contributed by atoms with Crippen LogP contribution in [0.1, 0.15) is 38.2 Å². The molecule has 2 amide bonds. The molecule has 2 rings (SSSR count). The maximum Gasteiger partial charge on any atom is 0.314 e. The Labute approximate surface area is 126 Å². The maximum absolute atomic E-state index is 11.7. The summed E-state index contributed by atoms with van der Waals surface area (Å²) in [6.07, 6.45) is 1.38. The first-order valence-corrected chi connectivity index (χ1v) is 7.81. The van der Waals surface area contributed by atoms with Gasteiger partial charge < -0.3 is 15.7 Å². The van der Waals surface area contributed by atoms with Crippen LogP contribution in [0.2, 0.25) is 0 Å². The van der Waals surface area contributed by atoms with Crippen LogP contribution >= 0.6 is 0 Å². The number of nitrogens with one attached hydrogen (secondary N) is 2. The average Bonchev–Trinajstić information content (AvgIpc) is 3.23. The summed E-state index contributed by atoms with van der Waals surface area (Å²) in [5.74, 6) is 1.56. The molecular formula is C17H26N2O2. The van der Waals surface area contributed by atoms with Crippen molar-refractivity contribution in [2.24, 2.45) is 11.8 Å². The Bertz CT molecular complexity index is 447. The zero-order valence-corrected chi connectivity index (χ0v) is 12.9. The molecule has 1 aliphatic rings. The lowest BCUT2D eigenvalue weighted by Gasteiger charge is -2.14. The number of benzene rings is 1. The molecule has 1 aromatic carbocycles. The normalized spacial score (nSPS) is 21.9. The third kappa shape index (κ3) is 5.38. The Morgan fingerprint density at radius 3 is 2.67 bits per heavy atom. The van der Waals surface area contributed by atoms with Gasteiger partial charge in [0.1, 0.15) is 0 Å². The summed E-state index contributed by atoms with van der Waals surface area (Å²) < 4.78 is 0. The van der Waals surface area contributed by atoms with E-state index in [9.17, 15) is 9.90 Å². The zero-order valence-electron chi connectivity index (χ0n) is 12.9. The molecule has 116 valence electrons. The van der Waals surface area contributed by atoms with Crippen LogP contribution in [0.4, 0.5) is 4.79 Å². The molecule has 4 heteroatoms. The van der Waals surface area contributed by atoms with Crippen LogP contribution in [0, 0.1) is 11.8 Å². The summed E-state index contributed by atoms with van der Waals surface area (Å²) >= 11 is 0. The van der Waals surface area contributed by atoms with Gasteiger partial charge in [0.2, 0.25) is 0 Å². The molecule has 0 spiro atoms. The lowest BCUT2D eigenvalue weighted by Crippen LogP contribution is -2.40. The number of hydrogen-bond acceptors (Lipinski definition) is 2. The molecule has 0 radical (unpaired) electrons. The molecule has 0 heterocycles. The van der Waals surface area contributed by atoms with Gasteiger partial charge in [0.15, 0.2) is 0 Å². The Morgan fingerprint density at radius 1 is 1.29 bits per heavy atom. The van der Waals surface area contributed by atoms with Crippen LogP contribution in [-0.2, 0) is 0 Å². The van der Waals surface area contributed by atoms with Crippen molar-refractivity contribution in [1.29, 1.82) is 0 Å². The monoisotopic (exact) mass is 290 g/mol. The van der Waals surface area contributed by atoms with Gasteiger partial charge in [0.05, 0.1) is 6.10 Å². The maximum atomic E-state index is 11.7. The standard InChI is InChI=1S/C17H26N2O2/c1-12(2)8-15(20)11-19-17(21)18-10-14-9-16(14)13-6-4-3-5-7-13/h3-7,12,14-16,20H,8-11H2,1-2H3,(H2,18,19,21). The van der Waals surface area contributed by atoms with Gasteiger partial charge in [-0.25, -0.2) is 4.79 Å². The fourth-order valence-corrected chi connectivity index (χ4v) is 2.71. The molecule has 3 unspecified atom stereocenters. The number of rotatable bonds is 7. The molecule has 4 nitrogen and oxygen atoms in total. The highest BCUT2D eigenvalue weighted by atomic mass is 16.3. The summed E-state index contributed by atoms with van der Waals surface area (Å²) in [6.45, 7) is 5.13. The first kappa shape index (κ1) is 15.8. The van der Waals surface area contributed by atoms with Gasteiger partial charge in [-0.05, 0) is 36.2 Å². The highest BCUT2D eigenvalue weighted by Crippen LogP contribution is 2.46. The zero-order chi connectivity index (χ0) is 15.2. The van der Waals surface area contributed by atoms with Gasteiger partial charge >= 0.3 is 6.03 Å². The van der Waals surface area contributed by atoms with E-state index in [0.717, 1.165) is 6.42 Å². The van der Waals surface area contributed by atoms with Gasteiger partial charge in [0, 0.05) is 13.1 Å². The second-order valence-corrected chi connectivity index (χ2v) is 6.39. The number of carbonyl (C=O) groups is 1. The molecular weight excluding hydrogens is 264 g/mol. The van der Waals surface area contributed by atoms with E-state index in [1.165, 1.54) is 5.56 Å². The van der Waals surface area contributed by atoms with Crippen molar-refractivity contribution in [2.45, 2.75) is 38.7 Å². The van der Waals surface area contributed by atoms with E-state index in [0.29, 0.717) is 37.3 Å². The highest BCUT2D eigenvalue weighted by molar-refractivity contribution is 5.73. The predicted molar refractivity (Wildman–Crippen MR) is 84.2 cm³/mol. The predicted octanol–water partition coefficient (Wildman–Crippen LogP) is 2.50. The Balaban J connectivity index is 1.60. The molecule has 21 heavy (non-hydrogen) atoms. The minimum Gasteiger partial charge on any atom is -0.391 e. The molecule has 3 atom stereocenters. The summed E-state index contributed by atoms with van der Waals surface area (Å²) in [5.41, 5.74) is 1.36. The summed E-state index contributed by atoms with van der Waals surface area (Å²) in [5, 5.41) is 15.3. The quantitative estimate of drug-likeness (QED) is 0.722. The third-order valence-corrected chi connectivity index (χ3v) is 3.92. The fraction of sp³-hybridized carbons (Fsp3) is 0.588. The Morgan fingerprint density at radius 2 is 2.00 bits per heavy atom. The second-order valence-electron chi connectivity index (χ2n) is 6.39. The van der Waals surface area contributed by atoms with Gasteiger partial charge in [-0.1, -0.05) is 44.2 Å². The third-order valence-electron chi connectivity index (χ3n) is 3.92. The van der Waals surface area contributed by atoms with Gasteiger partial charge in [0.25, 0.3) is 0 Å². The fourth-order valence-electron chi connectivity index (χ4n) is 2.71. The van der Waals surface area contributed by atoms with Crippen molar-refractivity contribution < 1.29 is 9.90 Å². The molecule has 3 N–H and O–H groups in total. The highest BCUT2D eigenvalue weighted by Gasteiger charge is 2.37. The number of amides is 2. The van der Waals surface area contributed by atoms with Crippen molar-refractivity contribution in [3.05, 3.63) is 35.9 Å². The van der Waals surface area contributed by atoms with E-state index in [2.05, 4.69) is 48.7 Å². The van der Waals surface area contributed by atoms with Crippen LogP contribution < -0.4 is 10.6 Å². The van der Waals surface area contributed by atoms with E-state index >= 15 is 0 Å². The van der Waals surface area contributed by atoms with Crippen molar-refractivity contribution in [3.63, 3.8) is 0 Å². The Kier molecular flexibility index (Phi) is 5.62. The lowest BCUT2D eigenvalue weighted by molar-refractivity contribution is 0.147. The first-order valence-electron chi connectivity index (χ1n) is 7.81. The van der Waals surface area contributed by atoms with E-state index in [1.807, 2.05) is 6.07 Å². The summed E-state index contributed by atoms with van der Waals surface area (Å²) in [7, 11) is 0. The van der Waals surface area contributed by atoms with Crippen molar-refractivity contribution in [2.75, 3.05) is 13.1 Å². The summed E-state index contributed by atoms with van der Waals surface area (Å²) in [4.78, 5) is 11.7. The van der Waals surface area contributed by atoms with Crippen LogP contribution in [0.5, 0.6) is 0 Å². The van der Waals surface area contributed by atoms with E-state index in [1.54, 1.807) is 0 Å². The van der Waals surface area contributed by atoms with Gasteiger partial charge in [-0.3, -0.25) is 0 Å². The molecule has 0 bridgehead atoms. The van der Waals surface area contributed by atoms with Crippen LogP contribution in [0.15, 0.2) is 30.3 Å². The number of hydrogen-bond donors (Lipinski definition) is 3. The van der Waals surface area contributed by atoms with E-state index in [4.69, 9.17) is 0 Å². The topological polar surface area (TPSA) is 61.4 Å². The SMILES string of the molecule is CC(C)CC(O)CNC(=O)NCC1CC1c1ccccc1. The van der Waals surface area contributed by atoms with Crippen molar-refractivity contribution in [3.8, 4) is 0 Å². The molecule has 1 aliphatic carbocycles. The Hall–Kier alpha value is -1.55. The molecule has 1 aromatic rings. The smallest absolute Gasteiger partial charge is 0.314 e. The second kappa shape index (κ2) is 7.46. The van der Waals surface area contributed by atoms with Crippen LogP contribution in [-0.4, -0.2) is 30.3 Å². The lowest BCUT2D eigenvalue weighted by atomic mass is 10.1. The minimum atomic E-state index is -0.464. The summed E-state index contributed by atoms with van der Waals surface area (Å²) in [6, 6.07) is 10.2. The molecule has 0 aromatic heterocycles. The van der Waals surface area contributed by atoms with E-state index < -0.39 is 6.10 Å². The molecule has 0 aliphatic heterocycles. The minimum absolute atomic E-state index is 0.184. The molecule has 1 fully saturated rings.